The van der Waals surface area contributed by atoms with Gasteiger partial charge in [-0.3, -0.25) is 20.2 Å². The van der Waals surface area contributed by atoms with Crippen LogP contribution in [0.5, 0.6) is 0 Å². The van der Waals surface area contributed by atoms with Gasteiger partial charge in [0, 0.05) is 24.8 Å². The van der Waals surface area contributed by atoms with Crippen LogP contribution in [0.1, 0.15) is 18.9 Å². The minimum Gasteiger partial charge on any atom is -0.362 e. The van der Waals surface area contributed by atoms with Gasteiger partial charge in [-0.25, -0.2) is 0 Å². The molecule has 1 rings (SSSR count). The van der Waals surface area contributed by atoms with Crippen LogP contribution < -0.4 is 10.6 Å². The number of hydrogen-bond acceptors (Lipinski definition) is 4. The molecule has 0 spiro atoms. The van der Waals surface area contributed by atoms with Crippen molar-refractivity contribution < 1.29 is 9.72 Å². The van der Waals surface area contributed by atoms with Crippen molar-refractivity contribution in [1.82, 2.24) is 10.6 Å². The van der Waals surface area contributed by atoms with Gasteiger partial charge in [0.15, 0.2) is 5.11 Å². The highest BCUT2D eigenvalue weighted by molar-refractivity contribution is 7.80. The maximum absolute atomic E-state index is 11.5. The van der Waals surface area contributed by atoms with E-state index in [0.29, 0.717) is 12.1 Å². The van der Waals surface area contributed by atoms with E-state index in [0.717, 1.165) is 6.42 Å². The van der Waals surface area contributed by atoms with Crippen molar-refractivity contribution >= 4 is 35.0 Å². The van der Waals surface area contributed by atoms with Gasteiger partial charge >= 0.3 is 0 Å². The predicted molar refractivity (Wildman–Crippen MR) is 81.2 cm³/mol. The highest BCUT2D eigenvalue weighted by Gasteiger charge is 2.04. The van der Waals surface area contributed by atoms with Gasteiger partial charge in [-0.05, 0) is 30.3 Å². The fourth-order valence-corrected chi connectivity index (χ4v) is 1.55. The smallest absolute Gasteiger partial charge is 0.270 e. The number of thiocarbonyl (C=S) groups is 1. The first-order valence-electron chi connectivity index (χ1n) is 6.04. The van der Waals surface area contributed by atoms with Crippen LogP contribution in [0.15, 0.2) is 30.3 Å². The monoisotopic (exact) mass is 293 g/mol. The van der Waals surface area contributed by atoms with E-state index in [1.54, 1.807) is 12.1 Å². The number of nitrogens with zero attached hydrogens (tertiary/aromatic N) is 1. The number of carbonyl (C=O) groups is 1. The summed E-state index contributed by atoms with van der Waals surface area (Å²) in [4.78, 5) is 21.7. The summed E-state index contributed by atoms with van der Waals surface area (Å²) in [5.41, 5.74) is 0.550. The second-order valence-corrected chi connectivity index (χ2v) is 4.34. The Balaban J connectivity index is 2.59. The lowest BCUT2D eigenvalue weighted by molar-refractivity contribution is -0.384. The molecule has 0 fully saturated rings. The third kappa shape index (κ3) is 5.57. The second kappa shape index (κ2) is 8.00. The number of rotatable bonds is 5. The molecule has 0 heterocycles. The number of benzene rings is 1. The summed E-state index contributed by atoms with van der Waals surface area (Å²) in [5, 5.41) is 16.2. The number of nitro benzene ring substituents is 1. The molecule has 0 aliphatic carbocycles. The Morgan fingerprint density at radius 3 is 2.90 bits per heavy atom. The van der Waals surface area contributed by atoms with E-state index < -0.39 is 4.92 Å². The lowest BCUT2D eigenvalue weighted by Gasteiger charge is -2.05. The topological polar surface area (TPSA) is 84.3 Å². The lowest BCUT2D eigenvalue weighted by atomic mass is 10.2. The molecule has 0 saturated heterocycles. The molecule has 1 aromatic rings. The van der Waals surface area contributed by atoms with Gasteiger partial charge in [-0.15, -0.1) is 0 Å². The van der Waals surface area contributed by atoms with Crippen LogP contribution in [0.2, 0.25) is 0 Å². The van der Waals surface area contributed by atoms with Gasteiger partial charge in [0.25, 0.3) is 5.69 Å². The third-order valence-corrected chi connectivity index (χ3v) is 2.53. The molecule has 0 aliphatic rings. The Morgan fingerprint density at radius 1 is 1.50 bits per heavy atom. The molecule has 106 valence electrons. The number of hydrogen-bond donors (Lipinski definition) is 2. The van der Waals surface area contributed by atoms with Crippen LogP contribution in [0.4, 0.5) is 5.69 Å². The Labute approximate surface area is 122 Å². The average molecular weight is 293 g/mol. The van der Waals surface area contributed by atoms with E-state index in [4.69, 9.17) is 12.2 Å². The molecule has 7 heteroatoms. The van der Waals surface area contributed by atoms with Crippen molar-refractivity contribution in [1.29, 1.82) is 0 Å². The van der Waals surface area contributed by atoms with Crippen molar-refractivity contribution in [2.45, 2.75) is 13.3 Å². The largest absolute Gasteiger partial charge is 0.362 e. The molecule has 0 atom stereocenters. The zero-order valence-corrected chi connectivity index (χ0v) is 11.8. The summed E-state index contributed by atoms with van der Waals surface area (Å²) in [6, 6.07) is 6.01. The first-order chi connectivity index (χ1) is 9.52. The van der Waals surface area contributed by atoms with Gasteiger partial charge in [-0.1, -0.05) is 19.1 Å². The minimum atomic E-state index is -0.485. The van der Waals surface area contributed by atoms with Gasteiger partial charge in [-0.2, -0.15) is 0 Å². The third-order valence-electron chi connectivity index (χ3n) is 2.28. The van der Waals surface area contributed by atoms with Crippen LogP contribution >= 0.6 is 12.2 Å². The molecule has 0 aliphatic heterocycles. The van der Waals surface area contributed by atoms with Crippen LogP contribution in [0.25, 0.3) is 6.08 Å². The van der Waals surface area contributed by atoms with E-state index in [1.165, 1.54) is 24.3 Å². The lowest BCUT2D eigenvalue weighted by Crippen LogP contribution is -2.38. The number of carbonyl (C=O) groups excluding carboxylic acids is 1. The van der Waals surface area contributed by atoms with Crippen molar-refractivity contribution in [3.05, 3.63) is 46.0 Å². The SMILES string of the molecule is CCCNC(=S)NC(=O)/C=C/c1cccc([N+](=O)[O-])c1. The van der Waals surface area contributed by atoms with Crippen LogP contribution in [0, 0.1) is 10.1 Å². The van der Waals surface area contributed by atoms with E-state index in [9.17, 15) is 14.9 Å². The molecular weight excluding hydrogens is 278 g/mol. The van der Waals surface area contributed by atoms with E-state index in [1.807, 2.05) is 6.92 Å². The molecule has 6 nitrogen and oxygen atoms in total. The maximum atomic E-state index is 11.5. The molecule has 2 N–H and O–H groups in total. The van der Waals surface area contributed by atoms with Gasteiger partial charge in [0.2, 0.25) is 5.91 Å². The first kappa shape index (κ1) is 15.8. The van der Waals surface area contributed by atoms with Crippen molar-refractivity contribution in [3.63, 3.8) is 0 Å². The van der Waals surface area contributed by atoms with E-state index in [2.05, 4.69) is 10.6 Å². The number of non-ortho nitro benzene ring substituents is 1. The van der Waals surface area contributed by atoms with Gasteiger partial charge in [0.1, 0.15) is 0 Å². The first-order valence-corrected chi connectivity index (χ1v) is 6.45. The minimum absolute atomic E-state index is 0.0207. The Bertz CT molecular complexity index is 543. The second-order valence-electron chi connectivity index (χ2n) is 3.93. The van der Waals surface area contributed by atoms with Crippen LogP contribution in [0.3, 0.4) is 0 Å². The van der Waals surface area contributed by atoms with Crippen molar-refractivity contribution in [3.8, 4) is 0 Å². The molecule has 1 amide bonds. The van der Waals surface area contributed by atoms with E-state index >= 15 is 0 Å². The van der Waals surface area contributed by atoms with Gasteiger partial charge < -0.3 is 5.32 Å². The summed E-state index contributed by atoms with van der Waals surface area (Å²) in [6.45, 7) is 2.67. The van der Waals surface area contributed by atoms with Gasteiger partial charge in [0.05, 0.1) is 4.92 Å². The number of amides is 1. The molecule has 1 aromatic carbocycles. The fourth-order valence-electron chi connectivity index (χ4n) is 1.35. The summed E-state index contributed by atoms with van der Waals surface area (Å²) in [7, 11) is 0. The molecule has 0 saturated carbocycles. The van der Waals surface area contributed by atoms with Crippen molar-refractivity contribution in [2.75, 3.05) is 6.54 Å². The summed E-state index contributed by atoms with van der Waals surface area (Å²) >= 11 is 4.92. The summed E-state index contributed by atoms with van der Waals surface area (Å²) in [5.74, 6) is -0.384. The molecule has 20 heavy (non-hydrogen) atoms. The Hall–Kier alpha value is -2.28. The Kier molecular flexibility index (Phi) is 6.31. The molecule has 0 bridgehead atoms. The predicted octanol–water partition coefficient (Wildman–Crippen LogP) is 2.01. The maximum Gasteiger partial charge on any atom is 0.270 e. The highest BCUT2D eigenvalue weighted by Crippen LogP contribution is 2.13. The molecule has 0 radical (unpaired) electrons. The van der Waals surface area contributed by atoms with Crippen LogP contribution in [-0.2, 0) is 4.79 Å². The summed E-state index contributed by atoms with van der Waals surface area (Å²) < 4.78 is 0. The summed E-state index contributed by atoms with van der Waals surface area (Å²) in [6.07, 6.45) is 3.67. The molecular formula is C13H15N3O3S. The van der Waals surface area contributed by atoms with Crippen LogP contribution in [-0.4, -0.2) is 22.5 Å². The number of nitrogens with one attached hydrogen (secondary N) is 2. The standard InChI is InChI=1S/C13H15N3O3S/c1-2-8-14-13(20)15-12(17)7-6-10-4-3-5-11(9-10)16(18)19/h3-7,9H,2,8H2,1H3,(H2,14,15,17,20)/b7-6+. The molecule has 0 unspecified atom stereocenters. The average Bonchev–Trinajstić information content (AvgIpc) is 2.43. The highest BCUT2D eigenvalue weighted by atomic mass is 32.1. The quantitative estimate of drug-likeness (QED) is 0.375. The van der Waals surface area contributed by atoms with E-state index in [-0.39, 0.29) is 16.7 Å². The Morgan fingerprint density at radius 2 is 2.25 bits per heavy atom. The van der Waals surface area contributed by atoms with Crippen molar-refractivity contribution in [2.24, 2.45) is 0 Å². The zero-order valence-electron chi connectivity index (χ0n) is 11.0. The zero-order chi connectivity index (χ0) is 15.0. The normalized spacial score (nSPS) is 10.2. The molecule has 0 aromatic heterocycles. The number of nitro groups is 1. The fraction of sp³-hybridized carbons (Fsp3) is 0.231.